The van der Waals surface area contributed by atoms with Crippen LogP contribution in [-0.4, -0.2) is 21.8 Å². The van der Waals surface area contributed by atoms with Gasteiger partial charge in [-0.15, -0.1) is 11.3 Å². The number of nitrogens with zero attached hydrogens (tertiary/aromatic N) is 2. The van der Waals surface area contributed by atoms with Gasteiger partial charge in [0, 0.05) is 0 Å². The zero-order chi connectivity index (χ0) is 13.2. The van der Waals surface area contributed by atoms with E-state index in [1.54, 1.807) is 17.4 Å². The summed E-state index contributed by atoms with van der Waals surface area (Å²) in [6.45, 7) is 2.03. The van der Waals surface area contributed by atoms with E-state index in [9.17, 15) is 4.79 Å². The highest BCUT2D eigenvalue weighted by atomic mass is 32.2. The Morgan fingerprint density at radius 2 is 2.37 bits per heavy atom. The van der Waals surface area contributed by atoms with Gasteiger partial charge in [-0.3, -0.25) is 10.1 Å². The quantitative estimate of drug-likeness (QED) is 0.865. The first-order valence-corrected chi connectivity index (χ1v) is 7.70. The molecule has 1 aliphatic rings. The molecule has 0 saturated carbocycles. The minimum atomic E-state index is -0.139. The standard InChI is InChI=1S/C13H11N3OS2/c1-2-18-13-15-10(12(17)16-13)5-8-3-4-9-11(6-8)19-7-14-9/h3-7H,2H2,1H3,(H,15,16,17)/b10-5-. The molecule has 96 valence electrons. The molecule has 0 aliphatic carbocycles. The summed E-state index contributed by atoms with van der Waals surface area (Å²) in [4.78, 5) is 20.3. The number of amides is 1. The van der Waals surface area contributed by atoms with Gasteiger partial charge in [0.05, 0.1) is 15.7 Å². The number of nitrogens with one attached hydrogen (secondary N) is 1. The molecular weight excluding hydrogens is 278 g/mol. The van der Waals surface area contributed by atoms with E-state index in [1.807, 2.05) is 30.6 Å². The van der Waals surface area contributed by atoms with Crippen LogP contribution in [0.3, 0.4) is 0 Å². The van der Waals surface area contributed by atoms with Crippen molar-refractivity contribution in [2.75, 3.05) is 5.75 Å². The van der Waals surface area contributed by atoms with Crippen molar-refractivity contribution in [3.8, 4) is 0 Å². The first kappa shape index (κ1) is 12.4. The summed E-state index contributed by atoms with van der Waals surface area (Å²) in [7, 11) is 0. The molecule has 4 nitrogen and oxygen atoms in total. The Morgan fingerprint density at radius 1 is 1.47 bits per heavy atom. The number of aliphatic imine (C=N–C) groups is 1. The molecule has 0 saturated heterocycles. The Labute approximate surface area is 118 Å². The van der Waals surface area contributed by atoms with E-state index in [2.05, 4.69) is 15.3 Å². The zero-order valence-corrected chi connectivity index (χ0v) is 11.8. The van der Waals surface area contributed by atoms with Crippen LogP contribution in [0.25, 0.3) is 16.3 Å². The number of hydrogen-bond acceptors (Lipinski definition) is 5. The van der Waals surface area contributed by atoms with Crippen molar-refractivity contribution in [3.05, 3.63) is 35.0 Å². The molecule has 1 amide bonds. The van der Waals surface area contributed by atoms with Crippen molar-refractivity contribution >= 4 is 50.5 Å². The zero-order valence-electron chi connectivity index (χ0n) is 10.2. The van der Waals surface area contributed by atoms with Gasteiger partial charge in [-0.2, -0.15) is 0 Å². The molecule has 3 rings (SSSR count). The van der Waals surface area contributed by atoms with Crippen molar-refractivity contribution in [3.63, 3.8) is 0 Å². The average molecular weight is 289 g/mol. The normalized spacial score (nSPS) is 17.0. The fraction of sp³-hybridized carbons (Fsp3) is 0.154. The number of fused-ring (bicyclic) bond motifs is 1. The summed E-state index contributed by atoms with van der Waals surface area (Å²) in [5.74, 6) is 0.750. The maximum Gasteiger partial charge on any atom is 0.275 e. The first-order chi connectivity index (χ1) is 9.26. The molecule has 0 unspecified atom stereocenters. The number of hydrogen-bond donors (Lipinski definition) is 1. The Morgan fingerprint density at radius 3 is 3.21 bits per heavy atom. The number of aromatic nitrogens is 1. The highest BCUT2D eigenvalue weighted by Gasteiger charge is 2.19. The first-order valence-electron chi connectivity index (χ1n) is 5.84. The Balaban J connectivity index is 1.94. The van der Waals surface area contributed by atoms with Crippen molar-refractivity contribution < 1.29 is 4.79 Å². The van der Waals surface area contributed by atoms with E-state index in [-0.39, 0.29) is 5.91 Å². The van der Waals surface area contributed by atoms with Crippen LogP contribution >= 0.6 is 23.1 Å². The minimum Gasteiger partial charge on any atom is -0.300 e. The van der Waals surface area contributed by atoms with Crippen molar-refractivity contribution in [2.45, 2.75) is 6.92 Å². The van der Waals surface area contributed by atoms with Gasteiger partial charge in [0.25, 0.3) is 5.91 Å². The number of rotatable bonds is 2. The van der Waals surface area contributed by atoms with Gasteiger partial charge in [-0.25, -0.2) is 9.98 Å². The maximum atomic E-state index is 11.8. The third kappa shape index (κ3) is 2.54. The summed E-state index contributed by atoms with van der Waals surface area (Å²) < 4.78 is 1.11. The number of thiazole rings is 1. The molecule has 0 bridgehead atoms. The molecule has 2 aromatic rings. The Bertz CT molecular complexity index is 703. The summed E-state index contributed by atoms with van der Waals surface area (Å²) in [6, 6.07) is 5.92. The molecule has 1 aromatic carbocycles. The van der Waals surface area contributed by atoms with Crippen molar-refractivity contribution in [1.82, 2.24) is 10.3 Å². The molecule has 1 N–H and O–H groups in total. The monoisotopic (exact) mass is 289 g/mol. The molecule has 2 heterocycles. The summed E-state index contributed by atoms with van der Waals surface area (Å²) in [5.41, 5.74) is 4.22. The fourth-order valence-corrected chi connectivity index (χ4v) is 3.10. The third-order valence-corrected chi connectivity index (χ3v) is 4.16. The Hall–Kier alpha value is -1.66. The molecule has 0 fully saturated rings. The van der Waals surface area contributed by atoms with Gasteiger partial charge >= 0.3 is 0 Å². The summed E-state index contributed by atoms with van der Waals surface area (Å²) in [5, 5.41) is 3.43. The van der Waals surface area contributed by atoms with Crippen LogP contribution in [-0.2, 0) is 4.79 Å². The van der Waals surface area contributed by atoms with Crippen LogP contribution in [0.2, 0.25) is 0 Å². The van der Waals surface area contributed by atoms with Crippen LogP contribution in [0.15, 0.2) is 34.4 Å². The van der Waals surface area contributed by atoms with E-state index in [0.29, 0.717) is 10.9 Å². The lowest BCUT2D eigenvalue weighted by molar-refractivity contribution is -0.115. The average Bonchev–Trinajstić information content (AvgIpc) is 2.97. The third-order valence-electron chi connectivity index (χ3n) is 2.61. The molecule has 0 radical (unpaired) electrons. The topological polar surface area (TPSA) is 54.4 Å². The molecular formula is C13H11N3OS2. The van der Waals surface area contributed by atoms with Gasteiger partial charge in [0.1, 0.15) is 5.70 Å². The number of benzene rings is 1. The van der Waals surface area contributed by atoms with Crippen LogP contribution in [0.5, 0.6) is 0 Å². The van der Waals surface area contributed by atoms with E-state index in [1.165, 1.54) is 11.8 Å². The van der Waals surface area contributed by atoms with Crippen LogP contribution in [0.1, 0.15) is 12.5 Å². The highest BCUT2D eigenvalue weighted by Crippen LogP contribution is 2.22. The summed E-state index contributed by atoms with van der Waals surface area (Å²) >= 11 is 3.12. The number of amidine groups is 1. The van der Waals surface area contributed by atoms with Crippen LogP contribution in [0.4, 0.5) is 0 Å². The van der Waals surface area contributed by atoms with Gasteiger partial charge in [-0.1, -0.05) is 24.8 Å². The van der Waals surface area contributed by atoms with E-state index in [4.69, 9.17) is 0 Å². The van der Waals surface area contributed by atoms with Crippen LogP contribution in [0, 0.1) is 0 Å². The molecule has 1 aromatic heterocycles. The lowest BCUT2D eigenvalue weighted by Gasteiger charge is -1.95. The largest absolute Gasteiger partial charge is 0.300 e. The SMILES string of the molecule is CCSC1=N/C(=C\c2ccc3ncsc3c2)C(=O)N1. The molecule has 6 heteroatoms. The van der Waals surface area contributed by atoms with Gasteiger partial charge < -0.3 is 0 Å². The minimum absolute atomic E-state index is 0.139. The van der Waals surface area contributed by atoms with Gasteiger partial charge in [0.15, 0.2) is 5.17 Å². The van der Waals surface area contributed by atoms with E-state index < -0.39 is 0 Å². The second-order valence-corrected chi connectivity index (χ2v) is 6.05. The highest BCUT2D eigenvalue weighted by molar-refractivity contribution is 8.13. The predicted molar refractivity (Wildman–Crippen MR) is 81.3 cm³/mol. The lowest BCUT2D eigenvalue weighted by atomic mass is 10.2. The number of carbonyl (C=O) groups excluding carboxylic acids is 1. The second-order valence-electron chi connectivity index (χ2n) is 3.91. The fourth-order valence-electron chi connectivity index (χ4n) is 1.77. The van der Waals surface area contributed by atoms with E-state index >= 15 is 0 Å². The molecule has 0 atom stereocenters. The number of carbonyl (C=O) groups is 1. The van der Waals surface area contributed by atoms with Gasteiger partial charge in [0.2, 0.25) is 0 Å². The maximum absolute atomic E-state index is 11.8. The van der Waals surface area contributed by atoms with Crippen LogP contribution < -0.4 is 5.32 Å². The van der Waals surface area contributed by atoms with Crippen molar-refractivity contribution in [1.29, 1.82) is 0 Å². The predicted octanol–water partition coefficient (Wildman–Crippen LogP) is 2.88. The molecule has 19 heavy (non-hydrogen) atoms. The smallest absolute Gasteiger partial charge is 0.275 e. The van der Waals surface area contributed by atoms with E-state index in [0.717, 1.165) is 21.5 Å². The second kappa shape index (κ2) is 5.14. The van der Waals surface area contributed by atoms with Gasteiger partial charge in [-0.05, 0) is 29.5 Å². The molecule has 1 aliphatic heterocycles. The number of thioether (sulfide) groups is 1. The Kier molecular flexibility index (Phi) is 3.35. The molecule has 0 spiro atoms. The van der Waals surface area contributed by atoms with Crippen molar-refractivity contribution in [2.24, 2.45) is 4.99 Å². The summed E-state index contributed by atoms with van der Waals surface area (Å²) in [6.07, 6.45) is 1.80. The lowest BCUT2D eigenvalue weighted by Crippen LogP contribution is -2.21.